The van der Waals surface area contributed by atoms with Gasteiger partial charge in [0.15, 0.2) is 0 Å². The van der Waals surface area contributed by atoms with Crippen molar-refractivity contribution in [2.45, 2.75) is 44.6 Å². The third-order valence-electron chi connectivity index (χ3n) is 4.05. The van der Waals surface area contributed by atoms with Crippen molar-refractivity contribution in [1.82, 2.24) is 4.90 Å². The van der Waals surface area contributed by atoms with Gasteiger partial charge < -0.3 is 15.4 Å². The molecule has 1 aliphatic carbocycles. The smallest absolute Gasteiger partial charge is 0.248 e. The number of hydrogen-bond donors (Lipinski definition) is 1. The molecule has 0 radical (unpaired) electrons. The van der Waals surface area contributed by atoms with Crippen LogP contribution in [0.3, 0.4) is 0 Å². The molecule has 1 atom stereocenters. The second-order valence-electron chi connectivity index (χ2n) is 5.18. The van der Waals surface area contributed by atoms with Gasteiger partial charge in [-0.3, -0.25) is 4.79 Å². The lowest BCUT2D eigenvalue weighted by molar-refractivity contribution is -0.137. The standard InChI is InChI=1S/C13H24N2O2/c14-7-9-17-10-13(16)15-8-3-6-12(15)11-4-1-2-5-11/h11-12H,1-10,14H2. The maximum atomic E-state index is 12.0. The Morgan fingerprint density at radius 2 is 2.00 bits per heavy atom. The van der Waals surface area contributed by atoms with Crippen LogP contribution in [0.15, 0.2) is 0 Å². The van der Waals surface area contributed by atoms with Gasteiger partial charge in [-0.15, -0.1) is 0 Å². The SMILES string of the molecule is NCCOCC(=O)N1CCCC1C1CCCC1. The molecule has 17 heavy (non-hydrogen) atoms. The highest BCUT2D eigenvalue weighted by atomic mass is 16.5. The van der Waals surface area contributed by atoms with Crippen molar-refractivity contribution in [3.63, 3.8) is 0 Å². The summed E-state index contributed by atoms with van der Waals surface area (Å²) in [6.45, 7) is 2.10. The molecule has 2 rings (SSSR count). The number of likely N-dealkylation sites (tertiary alicyclic amines) is 1. The quantitative estimate of drug-likeness (QED) is 0.733. The summed E-state index contributed by atoms with van der Waals surface area (Å²) >= 11 is 0. The molecule has 4 heteroatoms. The van der Waals surface area contributed by atoms with Crippen LogP contribution in [0.25, 0.3) is 0 Å². The van der Waals surface area contributed by atoms with Crippen LogP contribution in [0.1, 0.15) is 38.5 Å². The molecular formula is C13H24N2O2. The summed E-state index contributed by atoms with van der Waals surface area (Å²) in [5, 5.41) is 0. The maximum Gasteiger partial charge on any atom is 0.248 e. The zero-order valence-electron chi connectivity index (χ0n) is 10.6. The molecule has 2 fully saturated rings. The second kappa shape index (κ2) is 6.36. The summed E-state index contributed by atoms with van der Waals surface area (Å²) in [5.41, 5.74) is 5.35. The van der Waals surface area contributed by atoms with E-state index in [4.69, 9.17) is 10.5 Å². The van der Waals surface area contributed by atoms with Crippen molar-refractivity contribution in [3.8, 4) is 0 Å². The van der Waals surface area contributed by atoms with E-state index >= 15 is 0 Å². The van der Waals surface area contributed by atoms with Crippen molar-refractivity contribution in [2.24, 2.45) is 11.7 Å². The Morgan fingerprint density at radius 3 is 2.71 bits per heavy atom. The highest BCUT2D eigenvalue weighted by Gasteiger charge is 2.35. The zero-order chi connectivity index (χ0) is 12.1. The van der Waals surface area contributed by atoms with Crippen LogP contribution in [0.2, 0.25) is 0 Å². The normalized spacial score (nSPS) is 25.7. The summed E-state index contributed by atoms with van der Waals surface area (Å²) in [6, 6.07) is 0.492. The molecule has 1 amide bonds. The van der Waals surface area contributed by atoms with Gasteiger partial charge in [-0.25, -0.2) is 0 Å². The van der Waals surface area contributed by atoms with Crippen molar-refractivity contribution in [1.29, 1.82) is 0 Å². The lowest BCUT2D eigenvalue weighted by atomic mass is 9.96. The van der Waals surface area contributed by atoms with E-state index < -0.39 is 0 Å². The number of carbonyl (C=O) groups excluding carboxylic acids is 1. The van der Waals surface area contributed by atoms with Gasteiger partial charge in [-0.05, 0) is 31.6 Å². The van der Waals surface area contributed by atoms with Gasteiger partial charge in [0.05, 0.1) is 6.61 Å². The third kappa shape index (κ3) is 3.19. The highest BCUT2D eigenvalue weighted by molar-refractivity contribution is 5.78. The Kier molecular flexibility index (Phi) is 4.80. The van der Waals surface area contributed by atoms with Gasteiger partial charge in [0.25, 0.3) is 0 Å². The lowest BCUT2D eigenvalue weighted by Gasteiger charge is -2.29. The number of nitrogens with zero attached hydrogens (tertiary/aromatic N) is 1. The molecule has 1 saturated heterocycles. The fourth-order valence-corrected chi connectivity index (χ4v) is 3.26. The minimum absolute atomic E-state index is 0.160. The van der Waals surface area contributed by atoms with E-state index in [1.807, 2.05) is 0 Å². The Hall–Kier alpha value is -0.610. The van der Waals surface area contributed by atoms with E-state index in [0.29, 0.717) is 19.2 Å². The number of amides is 1. The van der Waals surface area contributed by atoms with Crippen LogP contribution < -0.4 is 5.73 Å². The third-order valence-corrected chi connectivity index (χ3v) is 4.05. The Balaban J connectivity index is 1.83. The van der Waals surface area contributed by atoms with Crippen molar-refractivity contribution < 1.29 is 9.53 Å². The Morgan fingerprint density at radius 1 is 1.24 bits per heavy atom. The van der Waals surface area contributed by atoms with Crippen LogP contribution in [-0.4, -0.2) is 43.2 Å². The first-order valence-electron chi connectivity index (χ1n) is 6.90. The molecule has 98 valence electrons. The zero-order valence-corrected chi connectivity index (χ0v) is 10.6. The molecule has 1 saturated carbocycles. The monoisotopic (exact) mass is 240 g/mol. The van der Waals surface area contributed by atoms with Crippen LogP contribution >= 0.6 is 0 Å². The van der Waals surface area contributed by atoms with Crippen LogP contribution in [0.4, 0.5) is 0 Å². The highest BCUT2D eigenvalue weighted by Crippen LogP contribution is 2.35. The van der Waals surface area contributed by atoms with Gasteiger partial charge >= 0.3 is 0 Å². The van der Waals surface area contributed by atoms with Gasteiger partial charge in [-0.2, -0.15) is 0 Å². The first kappa shape index (κ1) is 12.8. The molecule has 0 spiro atoms. The average molecular weight is 240 g/mol. The van der Waals surface area contributed by atoms with E-state index in [0.717, 1.165) is 18.9 Å². The molecular weight excluding hydrogens is 216 g/mol. The minimum Gasteiger partial charge on any atom is -0.370 e. The van der Waals surface area contributed by atoms with Crippen molar-refractivity contribution in [3.05, 3.63) is 0 Å². The van der Waals surface area contributed by atoms with E-state index in [-0.39, 0.29) is 12.5 Å². The fraction of sp³-hybridized carbons (Fsp3) is 0.923. The second-order valence-corrected chi connectivity index (χ2v) is 5.18. The van der Waals surface area contributed by atoms with E-state index in [9.17, 15) is 4.79 Å². The number of rotatable bonds is 5. The average Bonchev–Trinajstić information content (AvgIpc) is 2.99. The first-order valence-corrected chi connectivity index (χ1v) is 6.90. The van der Waals surface area contributed by atoms with E-state index in [1.54, 1.807) is 0 Å². The van der Waals surface area contributed by atoms with Gasteiger partial charge in [0.1, 0.15) is 6.61 Å². The molecule has 0 aromatic heterocycles. The maximum absolute atomic E-state index is 12.0. The van der Waals surface area contributed by atoms with Gasteiger partial charge in [0.2, 0.25) is 5.91 Å². The summed E-state index contributed by atoms with van der Waals surface area (Å²) in [7, 11) is 0. The summed E-state index contributed by atoms with van der Waals surface area (Å²) in [5.74, 6) is 0.906. The van der Waals surface area contributed by atoms with E-state index in [1.165, 1.54) is 32.1 Å². The molecule has 0 aromatic carbocycles. The number of hydrogen-bond acceptors (Lipinski definition) is 3. The molecule has 0 aromatic rings. The van der Waals surface area contributed by atoms with Gasteiger partial charge in [-0.1, -0.05) is 12.8 Å². The molecule has 2 N–H and O–H groups in total. The van der Waals surface area contributed by atoms with Gasteiger partial charge in [0, 0.05) is 19.1 Å². The largest absolute Gasteiger partial charge is 0.370 e. The fourth-order valence-electron chi connectivity index (χ4n) is 3.26. The topological polar surface area (TPSA) is 55.6 Å². The molecule has 1 unspecified atom stereocenters. The number of nitrogens with two attached hydrogens (primary N) is 1. The summed E-state index contributed by atoms with van der Waals surface area (Å²) in [4.78, 5) is 14.1. The van der Waals surface area contributed by atoms with Crippen LogP contribution in [0, 0.1) is 5.92 Å². The minimum atomic E-state index is 0.160. The molecule has 1 heterocycles. The summed E-state index contributed by atoms with van der Waals surface area (Å²) in [6.07, 6.45) is 7.63. The van der Waals surface area contributed by atoms with Crippen LogP contribution in [-0.2, 0) is 9.53 Å². The molecule has 4 nitrogen and oxygen atoms in total. The predicted octanol–water partition coefficient (Wildman–Crippen LogP) is 1.14. The van der Waals surface area contributed by atoms with E-state index in [2.05, 4.69) is 4.90 Å². The number of carbonyl (C=O) groups is 1. The van der Waals surface area contributed by atoms with Crippen molar-refractivity contribution in [2.75, 3.05) is 26.3 Å². The summed E-state index contributed by atoms with van der Waals surface area (Å²) < 4.78 is 5.25. The number of ether oxygens (including phenoxy) is 1. The molecule has 1 aliphatic heterocycles. The first-order chi connectivity index (χ1) is 8.33. The Bertz CT molecular complexity index is 252. The van der Waals surface area contributed by atoms with Crippen molar-refractivity contribution >= 4 is 5.91 Å². The molecule has 2 aliphatic rings. The Labute approximate surface area is 103 Å². The predicted molar refractivity (Wildman–Crippen MR) is 66.6 cm³/mol. The van der Waals surface area contributed by atoms with Crippen LogP contribution in [0.5, 0.6) is 0 Å². The lowest BCUT2D eigenvalue weighted by Crippen LogP contribution is -2.41. The molecule has 0 bridgehead atoms.